The van der Waals surface area contributed by atoms with Gasteiger partial charge in [0, 0.05) is 12.4 Å². The maximum Gasteiger partial charge on any atom is 0.358 e. The summed E-state index contributed by atoms with van der Waals surface area (Å²) in [6.07, 6.45) is 2.85. The Morgan fingerprint density at radius 1 is 1.63 bits per heavy atom. The van der Waals surface area contributed by atoms with Gasteiger partial charge in [-0.05, 0) is 31.9 Å². The molecule has 2 unspecified atom stereocenters. The third-order valence-electron chi connectivity index (χ3n) is 4.01. The first-order valence-corrected chi connectivity index (χ1v) is 7.64. The number of aromatic nitrogens is 3. The number of rotatable bonds is 2. The number of thioether (sulfide) groups is 1. The van der Waals surface area contributed by atoms with E-state index >= 15 is 0 Å². The number of carboxylic acids is 1. The minimum Gasteiger partial charge on any atom is -0.476 e. The van der Waals surface area contributed by atoms with Crippen LogP contribution in [0.3, 0.4) is 0 Å². The molecule has 0 aliphatic carbocycles. The average molecular weight is 283 g/mol. The van der Waals surface area contributed by atoms with E-state index in [4.69, 9.17) is 9.84 Å². The van der Waals surface area contributed by atoms with Crippen LogP contribution in [-0.4, -0.2) is 49.8 Å². The zero-order valence-electron chi connectivity index (χ0n) is 10.8. The van der Waals surface area contributed by atoms with Crippen LogP contribution in [0, 0.1) is 6.92 Å². The Morgan fingerprint density at radius 2 is 2.47 bits per heavy atom. The minimum atomic E-state index is -1.01. The van der Waals surface area contributed by atoms with Gasteiger partial charge in [-0.3, -0.25) is 0 Å². The minimum absolute atomic E-state index is 0.0324. The maximum atomic E-state index is 11.0. The number of hydrogen-bond donors (Lipinski definition) is 1. The topological polar surface area (TPSA) is 77.2 Å². The lowest BCUT2D eigenvalue weighted by Gasteiger charge is -2.37. The van der Waals surface area contributed by atoms with Gasteiger partial charge < -0.3 is 9.84 Å². The van der Waals surface area contributed by atoms with Crippen LogP contribution in [-0.2, 0) is 4.74 Å². The monoisotopic (exact) mass is 283 g/mol. The molecule has 104 valence electrons. The van der Waals surface area contributed by atoms with Gasteiger partial charge in [0.2, 0.25) is 0 Å². The molecule has 1 N–H and O–H groups in total. The summed E-state index contributed by atoms with van der Waals surface area (Å²) in [6, 6.07) is 0.202. The molecular formula is C12H17N3O3S. The lowest BCUT2D eigenvalue weighted by molar-refractivity contribution is -0.0782. The van der Waals surface area contributed by atoms with Crippen molar-refractivity contribution in [3.8, 4) is 0 Å². The number of aromatic carboxylic acids is 1. The summed E-state index contributed by atoms with van der Waals surface area (Å²) >= 11 is 1.93. The van der Waals surface area contributed by atoms with Gasteiger partial charge in [-0.25, -0.2) is 9.48 Å². The van der Waals surface area contributed by atoms with Gasteiger partial charge in [0.25, 0.3) is 0 Å². The fourth-order valence-electron chi connectivity index (χ4n) is 2.96. The summed E-state index contributed by atoms with van der Waals surface area (Å²) in [6.45, 7) is 2.49. The second kappa shape index (κ2) is 4.79. The van der Waals surface area contributed by atoms with Gasteiger partial charge in [-0.15, -0.1) is 5.10 Å². The molecule has 2 aliphatic rings. The molecule has 1 aromatic heterocycles. The summed E-state index contributed by atoms with van der Waals surface area (Å²) < 4.78 is 7.75. The van der Waals surface area contributed by atoms with Gasteiger partial charge in [0.1, 0.15) is 0 Å². The molecule has 3 heterocycles. The Balaban J connectivity index is 1.84. The first-order chi connectivity index (χ1) is 9.11. The van der Waals surface area contributed by atoms with Crippen molar-refractivity contribution in [2.45, 2.75) is 37.8 Å². The van der Waals surface area contributed by atoms with Gasteiger partial charge >= 0.3 is 5.97 Å². The molecule has 0 radical (unpaired) electrons. The Morgan fingerprint density at radius 3 is 3.11 bits per heavy atom. The highest BCUT2D eigenvalue weighted by molar-refractivity contribution is 7.99. The number of nitrogens with zero attached hydrogens (tertiary/aromatic N) is 3. The van der Waals surface area contributed by atoms with E-state index in [-0.39, 0.29) is 17.3 Å². The third-order valence-corrected chi connectivity index (χ3v) is 5.23. The van der Waals surface area contributed by atoms with E-state index in [0.29, 0.717) is 12.3 Å². The predicted octanol–water partition coefficient (Wildman–Crippen LogP) is 1.51. The summed E-state index contributed by atoms with van der Waals surface area (Å²) in [5, 5.41) is 16.9. The molecule has 0 amide bonds. The normalized spacial score (nSPS) is 30.9. The van der Waals surface area contributed by atoms with Gasteiger partial charge in [0.15, 0.2) is 5.69 Å². The van der Waals surface area contributed by atoms with Crippen LogP contribution in [0.2, 0.25) is 0 Å². The number of carbonyl (C=O) groups is 1. The summed E-state index contributed by atoms with van der Waals surface area (Å²) in [5.41, 5.74) is 0.663. The van der Waals surface area contributed by atoms with Crippen LogP contribution in [0.25, 0.3) is 0 Å². The van der Waals surface area contributed by atoms with Crippen LogP contribution in [0.5, 0.6) is 0 Å². The predicted molar refractivity (Wildman–Crippen MR) is 70.6 cm³/mol. The van der Waals surface area contributed by atoms with E-state index in [1.54, 1.807) is 11.6 Å². The quantitative estimate of drug-likeness (QED) is 0.886. The van der Waals surface area contributed by atoms with Crippen molar-refractivity contribution in [2.24, 2.45) is 0 Å². The highest BCUT2D eigenvalue weighted by Gasteiger charge is 2.41. The van der Waals surface area contributed by atoms with Crippen molar-refractivity contribution in [1.29, 1.82) is 0 Å². The number of carboxylic acid groups (broad SMARTS) is 1. The van der Waals surface area contributed by atoms with Gasteiger partial charge in [-0.1, -0.05) is 5.21 Å². The van der Waals surface area contributed by atoms with Crippen molar-refractivity contribution in [2.75, 3.05) is 18.1 Å². The molecule has 3 rings (SSSR count). The fraction of sp³-hybridized carbons (Fsp3) is 0.750. The Labute approximate surface area is 115 Å². The molecule has 1 aromatic rings. The molecular weight excluding hydrogens is 266 g/mol. The Hall–Kier alpha value is -1.08. The van der Waals surface area contributed by atoms with Crippen molar-refractivity contribution in [1.82, 2.24) is 15.0 Å². The van der Waals surface area contributed by atoms with Gasteiger partial charge in [-0.2, -0.15) is 11.8 Å². The summed E-state index contributed by atoms with van der Waals surface area (Å²) in [5.74, 6) is 1.16. The molecule has 2 fully saturated rings. The van der Waals surface area contributed by atoms with E-state index in [2.05, 4.69) is 10.3 Å². The lowest BCUT2D eigenvalue weighted by atomic mass is 9.90. The van der Waals surface area contributed by atoms with E-state index in [1.165, 1.54) is 0 Å². The molecule has 6 nitrogen and oxygen atoms in total. The molecule has 1 spiro atoms. The molecule has 0 aromatic carbocycles. The van der Waals surface area contributed by atoms with Crippen LogP contribution < -0.4 is 0 Å². The van der Waals surface area contributed by atoms with Crippen molar-refractivity contribution in [3.63, 3.8) is 0 Å². The van der Waals surface area contributed by atoms with E-state index < -0.39 is 5.97 Å². The van der Waals surface area contributed by atoms with Crippen LogP contribution in [0.1, 0.15) is 41.5 Å². The van der Waals surface area contributed by atoms with E-state index in [0.717, 1.165) is 30.8 Å². The summed E-state index contributed by atoms with van der Waals surface area (Å²) in [4.78, 5) is 11.0. The SMILES string of the molecule is Cc1c(C(=O)O)nnn1C1CCOC2(CCSC2)C1. The molecule has 19 heavy (non-hydrogen) atoms. The first-order valence-electron chi connectivity index (χ1n) is 6.48. The van der Waals surface area contributed by atoms with Crippen molar-refractivity contribution < 1.29 is 14.6 Å². The fourth-order valence-corrected chi connectivity index (χ4v) is 4.34. The molecule has 7 heteroatoms. The maximum absolute atomic E-state index is 11.0. The van der Waals surface area contributed by atoms with Crippen LogP contribution >= 0.6 is 11.8 Å². The lowest BCUT2D eigenvalue weighted by Crippen LogP contribution is -2.41. The summed E-state index contributed by atoms with van der Waals surface area (Å²) in [7, 11) is 0. The van der Waals surface area contributed by atoms with Gasteiger partial charge in [0.05, 0.1) is 17.3 Å². The third kappa shape index (κ3) is 2.25. The van der Waals surface area contributed by atoms with Crippen LogP contribution in [0.4, 0.5) is 0 Å². The van der Waals surface area contributed by atoms with E-state index in [9.17, 15) is 4.79 Å². The second-order valence-electron chi connectivity index (χ2n) is 5.25. The first kappa shape index (κ1) is 12.9. The molecule has 2 aliphatic heterocycles. The number of hydrogen-bond acceptors (Lipinski definition) is 5. The van der Waals surface area contributed by atoms with Crippen molar-refractivity contribution in [3.05, 3.63) is 11.4 Å². The number of ether oxygens (including phenoxy) is 1. The molecule has 0 bridgehead atoms. The highest BCUT2D eigenvalue weighted by Crippen LogP contribution is 2.42. The zero-order valence-corrected chi connectivity index (χ0v) is 11.7. The Kier molecular flexibility index (Phi) is 3.26. The molecule has 2 atom stereocenters. The van der Waals surface area contributed by atoms with Crippen LogP contribution in [0.15, 0.2) is 0 Å². The average Bonchev–Trinajstić information content (AvgIpc) is 2.97. The molecule has 0 saturated carbocycles. The standard InChI is InChI=1S/C12H17N3O3S/c1-8-10(11(16)17)13-14-15(8)9-2-4-18-12(6-9)3-5-19-7-12/h9H,2-7H2,1H3,(H,16,17). The Bertz CT molecular complexity index is 496. The smallest absolute Gasteiger partial charge is 0.358 e. The largest absolute Gasteiger partial charge is 0.476 e. The highest BCUT2D eigenvalue weighted by atomic mass is 32.2. The second-order valence-corrected chi connectivity index (χ2v) is 6.36. The zero-order chi connectivity index (χ0) is 13.5. The van der Waals surface area contributed by atoms with Crippen molar-refractivity contribution >= 4 is 17.7 Å². The molecule has 2 saturated heterocycles. The van der Waals surface area contributed by atoms with E-state index in [1.807, 2.05) is 11.8 Å².